The zero-order chi connectivity index (χ0) is 12.3. The Morgan fingerprint density at radius 2 is 2.35 bits per heavy atom. The summed E-state index contributed by atoms with van der Waals surface area (Å²) < 4.78 is 0. The molecule has 1 fully saturated rings. The second-order valence-corrected chi connectivity index (χ2v) is 5.60. The van der Waals surface area contributed by atoms with Crippen molar-refractivity contribution in [1.29, 1.82) is 0 Å². The van der Waals surface area contributed by atoms with Crippen molar-refractivity contribution in [2.24, 2.45) is 5.92 Å². The van der Waals surface area contributed by atoms with Crippen molar-refractivity contribution >= 4 is 22.4 Å². The Bertz CT molecular complexity index is 370. The Morgan fingerprint density at radius 1 is 1.65 bits per heavy atom. The average molecular weight is 254 g/mol. The van der Waals surface area contributed by atoms with E-state index in [1.165, 1.54) is 11.3 Å². The lowest BCUT2D eigenvalue weighted by molar-refractivity contribution is -0.143. The van der Waals surface area contributed by atoms with Gasteiger partial charge in [0.1, 0.15) is 5.54 Å². The Balaban J connectivity index is 2.09. The zero-order valence-corrected chi connectivity index (χ0v) is 10.8. The number of hydrogen-bond donors (Lipinski definition) is 2. The Morgan fingerprint density at radius 3 is 2.82 bits per heavy atom. The van der Waals surface area contributed by atoms with Gasteiger partial charge in [-0.3, -0.25) is 0 Å². The van der Waals surface area contributed by atoms with Gasteiger partial charge in [-0.25, -0.2) is 9.78 Å². The third-order valence-corrected chi connectivity index (χ3v) is 4.41. The van der Waals surface area contributed by atoms with Crippen LogP contribution < -0.4 is 5.32 Å². The van der Waals surface area contributed by atoms with Crippen molar-refractivity contribution in [2.45, 2.75) is 44.6 Å². The summed E-state index contributed by atoms with van der Waals surface area (Å²) in [5, 5.41) is 15.2. The van der Waals surface area contributed by atoms with E-state index in [1.54, 1.807) is 6.20 Å². The highest BCUT2D eigenvalue weighted by Crippen LogP contribution is 2.36. The summed E-state index contributed by atoms with van der Waals surface area (Å²) in [7, 11) is 0. The van der Waals surface area contributed by atoms with Crippen LogP contribution in [0.25, 0.3) is 0 Å². The molecule has 0 radical (unpaired) electrons. The van der Waals surface area contributed by atoms with Gasteiger partial charge in [0.25, 0.3) is 0 Å². The van der Waals surface area contributed by atoms with Crippen molar-refractivity contribution in [2.75, 3.05) is 5.32 Å². The number of aliphatic carboxylic acids is 1. The van der Waals surface area contributed by atoms with Crippen molar-refractivity contribution in [1.82, 2.24) is 4.98 Å². The summed E-state index contributed by atoms with van der Waals surface area (Å²) in [5.74, 6) is -0.0668. The van der Waals surface area contributed by atoms with Gasteiger partial charge in [-0.1, -0.05) is 13.3 Å². The van der Waals surface area contributed by atoms with E-state index in [9.17, 15) is 9.90 Å². The molecule has 17 heavy (non-hydrogen) atoms. The zero-order valence-electron chi connectivity index (χ0n) is 9.98. The number of nitrogens with one attached hydrogen (secondary N) is 1. The molecule has 0 saturated heterocycles. The number of aromatic nitrogens is 1. The molecule has 2 N–H and O–H groups in total. The van der Waals surface area contributed by atoms with Gasteiger partial charge in [0.2, 0.25) is 0 Å². The van der Waals surface area contributed by atoms with Gasteiger partial charge in [0.05, 0.1) is 0 Å². The molecule has 0 aromatic carbocycles. The first-order valence-corrected chi connectivity index (χ1v) is 6.95. The van der Waals surface area contributed by atoms with Gasteiger partial charge in [0.15, 0.2) is 5.13 Å². The standard InChI is InChI=1S/C12H18N2O2S/c1-2-9-3-5-12(6-4-9,10(15)16)14-11-13-7-8-17-11/h7-9H,2-6H2,1H3,(H,13,14)(H,15,16). The number of carboxylic acid groups (broad SMARTS) is 1. The van der Waals surface area contributed by atoms with Crippen molar-refractivity contribution < 1.29 is 9.90 Å². The van der Waals surface area contributed by atoms with Crippen LogP contribution in [0, 0.1) is 5.92 Å². The van der Waals surface area contributed by atoms with Crippen molar-refractivity contribution in [3.8, 4) is 0 Å². The summed E-state index contributed by atoms with van der Waals surface area (Å²) in [4.78, 5) is 15.6. The predicted octanol–water partition coefficient (Wildman–Crippen LogP) is 2.98. The number of hydrogen-bond acceptors (Lipinski definition) is 4. The third-order valence-electron chi connectivity index (χ3n) is 3.72. The van der Waals surface area contributed by atoms with E-state index in [0.717, 1.165) is 19.3 Å². The monoisotopic (exact) mass is 254 g/mol. The highest BCUT2D eigenvalue weighted by atomic mass is 32.1. The summed E-state index contributed by atoms with van der Waals surface area (Å²) in [5.41, 5.74) is -0.802. The maximum atomic E-state index is 11.5. The van der Waals surface area contributed by atoms with Crippen LogP contribution in [0.1, 0.15) is 39.0 Å². The van der Waals surface area contributed by atoms with Gasteiger partial charge in [-0.05, 0) is 31.6 Å². The van der Waals surface area contributed by atoms with E-state index in [0.29, 0.717) is 23.9 Å². The molecule has 1 heterocycles. The molecule has 0 spiro atoms. The Hall–Kier alpha value is -1.10. The molecule has 1 aliphatic carbocycles. The summed E-state index contributed by atoms with van der Waals surface area (Å²) >= 11 is 1.45. The molecule has 1 aromatic heterocycles. The first kappa shape index (κ1) is 12.4. The second kappa shape index (κ2) is 5.04. The molecule has 0 amide bonds. The summed E-state index contributed by atoms with van der Waals surface area (Å²) in [6, 6.07) is 0. The molecule has 4 nitrogen and oxygen atoms in total. The predicted molar refractivity (Wildman–Crippen MR) is 68.4 cm³/mol. The number of thiazole rings is 1. The molecule has 0 aliphatic heterocycles. The Kier molecular flexibility index (Phi) is 3.66. The van der Waals surface area contributed by atoms with Crippen molar-refractivity contribution in [3.63, 3.8) is 0 Å². The van der Waals surface area contributed by atoms with Gasteiger partial charge in [-0.15, -0.1) is 11.3 Å². The van der Waals surface area contributed by atoms with Crippen LogP contribution >= 0.6 is 11.3 Å². The van der Waals surface area contributed by atoms with E-state index in [4.69, 9.17) is 0 Å². The molecular formula is C12H18N2O2S. The number of nitrogens with zero attached hydrogens (tertiary/aromatic N) is 1. The van der Waals surface area contributed by atoms with Gasteiger partial charge >= 0.3 is 5.97 Å². The van der Waals surface area contributed by atoms with E-state index in [1.807, 2.05) is 5.38 Å². The minimum absolute atomic E-state index is 0.681. The smallest absolute Gasteiger partial charge is 0.329 e. The molecule has 94 valence electrons. The Labute approximate surface area is 105 Å². The summed E-state index contributed by atoms with van der Waals surface area (Å²) in [6.07, 6.45) is 6.20. The fraction of sp³-hybridized carbons (Fsp3) is 0.667. The van der Waals surface area contributed by atoms with E-state index in [2.05, 4.69) is 17.2 Å². The van der Waals surface area contributed by atoms with E-state index < -0.39 is 11.5 Å². The van der Waals surface area contributed by atoms with E-state index >= 15 is 0 Å². The minimum Gasteiger partial charge on any atom is -0.480 e. The van der Waals surface area contributed by atoms with Gasteiger partial charge < -0.3 is 10.4 Å². The highest BCUT2D eigenvalue weighted by Gasteiger charge is 2.42. The SMILES string of the molecule is CCC1CCC(Nc2nccs2)(C(=O)O)CC1. The van der Waals surface area contributed by atoms with Crippen LogP contribution in [-0.2, 0) is 4.79 Å². The quantitative estimate of drug-likeness (QED) is 0.867. The molecule has 0 bridgehead atoms. The largest absolute Gasteiger partial charge is 0.480 e. The minimum atomic E-state index is -0.802. The van der Waals surface area contributed by atoms with Crippen LogP contribution in [0.15, 0.2) is 11.6 Å². The van der Waals surface area contributed by atoms with E-state index in [-0.39, 0.29) is 0 Å². The fourth-order valence-corrected chi connectivity index (χ4v) is 3.09. The maximum absolute atomic E-state index is 11.5. The van der Waals surface area contributed by atoms with Crippen LogP contribution in [0.5, 0.6) is 0 Å². The van der Waals surface area contributed by atoms with Crippen LogP contribution in [-0.4, -0.2) is 21.6 Å². The number of anilines is 1. The molecule has 0 atom stereocenters. The van der Waals surface area contributed by atoms with Crippen LogP contribution in [0.3, 0.4) is 0 Å². The number of rotatable bonds is 4. The molecular weight excluding hydrogens is 236 g/mol. The fourth-order valence-electron chi connectivity index (χ4n) is 2.46. The number of carboxylic acids is 1. The van der Waals surface area contributed by atoms with Crippen LogP contribution in [0.2, 0.25) is 0 Å². The first-order chi connectivity index (χ1) is 8.16. The molecule has 1 saturated carbocycles. The average Bonchev–Trinajstić information content (AvgIpc) is 2.82. The highest BCUT2D eigenvalue weighted by molar-refractivity contribution is 7.13. The molecule has 0 unspecified atom stereocenters. The summed E-state index contributed by atoms with van der Waals surface area (Å²) in [6.45, 7) is 2.17. The molecule has 2 rings (SSSR count). The topological polar surface area (TPSA) is 62.2 Å². The maximum Gasteiger partial charge on any atom is 0.329 e. The lowest BCUT2D eigenvalue weighted by atomic mass is 9.75. The lowest BCUT2D eigenvalue weighted by Crippen LogP contribution is -2.49. The lowest BCUT2D eigenvalue weighted by Gasteiger charge is -2.37. The number of carbonyl (C=O) groups is 1. The van der Waals surface area contributed by atoms with Crippen LogP contribution in [0.4, 0.5) is 5.13 Å². The van der Waals surface area contributed by atoms with Gasteiger partial charge in [0, 0.05) is 11.6 Å². The molecule has 1 aliphatic rings. The normalized spacial score (nSPS) is 28.9. The van der Waals surface area contributed by atoms with Crippen molar-refractivity contribution in [3.05, 3.63) is 11.6 Å². The first-order valence-electron chi connectivity index (χ1n) is 6.07. The molecule has 5 heteroatoms. The van der Waals surface area contributed by atoms with Gasteiger partial charge in [-0.2, -0.15) is 0 Å². The second-order valence-electron chi connectivity index (χ2n) is 4.70. The third kappa shape index (κ3) is 2.60. The molecule has 1 aromatic rings.